The van der Waals surface area contributed by atoms with Gasteiger partial charge in [-0.05, 0) is 173 Å². The molecule has 0 fully saturated rings. The maximum absolute atomic E-state index is 2.52. The van der Waals surface area contributed by atoms with E-state index in [1.165, 1.54) is 154 Å². The van der Waals surface area contributed by atoms with E-state index in [0.717, 1.165) is 0 Å². The lowest BCUT2D eigenvalue weighted by molar-refractivity contribution is 1.61. The van der Waals surface area contributed by atoms with Crippen molar-refractivity contribution in [3.8, 4) is 111 Å². The summed E-state index contributed by atoms with van der Waals surface area (Å²) in [5.41, 5.74) is 25.4. The molecule has 0 aromatic heterocycles. The Morgan fingerprint density at radius 2 is 0.557 bits per heavy atom. The SMILES string of the molecule is c1ccc(-c2ccc3c(-c4ccccc4)c4c(c(-c5ccccc5)c3c2)-c2cccc3c(-c5cc6c7c(cccc7c5)-c5c-6c(-c6ccccc6)c6ccccc6c5-c5ccccc5)ccc-4c23)cc1. The zero-order chi connectivity index (χ0) is 45.9. The van der Waals surface area contributed by atoms with E-state index in [1.807, 2.05) is 0 Å². The van der Waals surface area contributed by atoms with Crippen LogP contribution in [0.3, 0.4) is 0 Å². The molecule has 0 amide bonds. The van der Waals surface area contributed by atoms with Crippen LogP contribution in [0.2, 0.25) is 0 Å². The maximum Gasteiger partial charge on any atom is -0.000720 e. The molecular formula is C70H42. The molecule has 0 N–H and O–H groups in total. The van der Waals surface area contributed by atoms with Crippen LogP contribution < -0.4 is 0 Å². The summed E-state index contributed by atoms with van der Waals surface area (Å²) in [5, 5.41) is 10.2. The smallest absolute Gasteiger partial charge is 0.000720 e. The molecule has 15 rings (SSSR count). The lowest BCUT2D eigenvalue weighted by Crippen LogP contribution is -1.94. The van der Waals surface area contributed by atoms with Crippen LogP contribution in [0.15, 0.2) is 255 Å². The van der Waals surface area contributed by atoms with Crippen molar-refractivity contribution in [2.24, 2.45) is 0 Å². The van der Waals surface area contributed by atoms with Gasteiger partial charge in [-0.3, -0.25) is 0 Å². The van der Waals surface area contributed by atoms with Gasteiger partial charge in [-0.2, -0.15) is 0 Å². The summed E-state index contributed by atoms with van der Waals surface area (Å²) in [5.74, 6) is 0. The molecule has 0 nitrogen and oxygen atoms in total. The Morgan fingerprint density at radius 3 is 1.10 bits per heavy atom. The molecule has 0 heteroatoms. The molecule has 2 aliphatic carbocycles. The minimum absolute atomic E-state index is 1.22. The molecule has 0 saturated carbocycles. The minimum Gasteiger partial charge on any atom is -0.0622 e. The van der Waals surface area contributed by atoms with Crippen LogP contribution in [0, 0.1) is 0 Å². The lowest BCUT2D eigenvalue weighted by atomic mass is 9.82. The van der Waals surface area contributed by atoms with Crippen molar-refractivity contribution in [2.75, 3.05) is 0 Å². The van der Waals surface area contributed by atoms with Crippen molar-refractivity contribution in [3.63, 3.8) is 0 Å². The topological polar surface area (TPSA) is 0 Å². The van der Waals surface area contributed by atoms with Gasteiger partial charge in [0.2, 0.25) is 0 Å². The molecule has 2 aliphatic rings. The monoisotopic (exact) mass is 882 g/mol. The van der Waals surface area contributed by atoms with Crippen LogP contribution in [0.5, 0.6) is 0 Å². The molecule has 0 bridgehead atoms. The fourth-order valence-corrected chi connectivity index (χ4v) is 12.5. The minimum atomic E-state index is 1.22. The number of hydrogen-bond acceptors (Lipinski definition) is 0. The first-order valence-electron chi connectivity index (χ1n) is 24.4. The van der Waals surface area contributed by atoms with Crippen LogP contribution in [-0.4, -0.2) is 0 Å². The van der Waals surface area contributed by atoms with E-state index in [2.05, 4.69) is 255 Å². The molecule has 70 heavy (non-hydrogen) atoms. The second-order valence-electron chi connectivity index (χ2n) is 19.0. The third-order valence-electron chi connectivity index (χ3n) is 15.3. The normalized spacial score (nSPS) is 12.0. The van der Waals surface area contributed by atoms with Gasteiger partial charge in [-0.25, -0.2) is 0 Å². The number of rotatable bonds is 6. The van der Waals surface area contributed by atoms with Crippen molar-refractivity contribution >= 4 is 43.1 Å². The first-order chi connectivity index (χ1) is 34.8. The molecule has 13 aromatic carbocycles. The molecule has 0 radical (unpaired) electrons. The van der Waals surface area contributed by atoms with E-state index < -0.39 is 0 Å². The fraction of sp³-hybridized carbons (Fsp3) is 0. The van der Waals surface area contributed by atoms with Crippen LogP contribution in [0.4, 0.5) is 0 Å². The zero-order valence-electron chi connectivity index (χ0n) is 38.2. The number of hydrogen-bond donors (Lipinski definition) is 0. The Morgan fingerprint density at radius 1 is 0.157 bits per heavy atom. The highest BCUT2D eigenvalue weighted by atomic mass is 14.4. The summed E-state index contributed by atoms with van der Waals surface area (Å²) < 4.78 is 0. The first kappa shape index (κ1) is 38.9. The average Bonchev–Trinajstić information content (AvgIpc) is 3.94. The number of benzene rings is 13. The zero-order valence-corrected chi connectivity index (χ0v) is 38.2. The second-order valence-corrected chi connectivity index (χ2v) is 19.0. The quantitative estimate of drug-likeness (QED) is 0.156. The van der Waals surface area contributed by atoms with E-state index in [9.17, 15) is 0 Å². The van der Waals surface area contributed by atoms with Gasteiger partial charge in [0.1, 0.15) is 0 Å². The first-order valence-corrected chi connectivity index (χ1v) is 24.4. The van der Waals surface area contributed by atoms with Crippen molar-refractivity contribution in [1.82, 2.24) is 0 Å². The Labute approximate surface area is 407 Å². The largest absolute Gasteiger partial charge is 0.0622 e. The maximum atomic E-state index is 2.52. The van der Waals surface area contributed by atoms with Crippen LogP contribution in [0.25, 0.3) is 154 Å². The standard InChI is InChI=1S/C70H42/c1-6-20-43(21-7-1)48-36-37-55-59(41-48)65(47-28-14-5-15-29-47)68-57-35-19-33-52-51(38-39-58(66(52)57)69(68)64(55)46-26-12-4-13-27-46)50-40-49-30-18-34-56-61(49)60(42-50)70-63(45-24-10-3-11-25-45)54-32-17-16-31-53(54)62(67(56)70)44-22-8-2-9-23-44/h1-42H. The molecule has 0 saturated heterocycles. The Balaban J connectivity index is 1.03. The molecule has 0 atom stereocenters. The third-order valence-corrected chi connectivity index (χ3v) is 15.3. The summed E-state index contributed by atoms with van der Waals surface area (Å²) in [7, 11) is 0. The summed E-state index contributed by atoms with van der Waals surface area (Å²) in [6, 6.07) is 95.0. The van der Waals surface area contributed by atoms with Crippen LogP contribution in [0.1, 0.15) is 0 Å². The Kier molecular flexibility index (Phi) is 8.46. The highest BCUT2D eigenvalue weighted by Crippen LogP contribution is 2.61. The van der Waals surface area contributed by atoms with E-state index in [0.29, 0.717) is 0 Å². The molecule has 0 aliphatic heterocycles. The van der Waals surface area contributed by atoms with Gasteiger partial charge in [0.05, 0.1) is 0 Å². The Hall–Kier alpha value is -9.10. The Bertz CT molecular complexity index is 4280. The summed E-state index contributed by atoms with van der Waals surface area (Å²) in [4.78, 5) is 0. The lowest BCUT2D eigenvalue weighted by Gasteiger charge is -2.21. The number of fused-ring (bicyclic) bond motifs is 8. The predicted molar refractivity (Wildman–Crippen MR) is 298 cm³/mol. The summed E-state index contributed by atoms with van der Waals surface area (Å²) in [6.07, 6.45) is 0. The second kappa shape index (κ2) is 15.2. The van der Waals surface area contributed by atoms with Gasteiger partial charge in [0, 0.05) is 0 Å². The molecule has 322 valence electrons. The highest BCUT2D eigenvalue weighted by molar-refractivity contribution is 6.31. The van der Waals surface area contributed by atoms with Gasteiger partial charge >= 0.3 is 0 Å². The molecule has 0 heterocycles. The van der Waals surface area contributed by atoms with Gasteiger partial charge < -0.3 is 0 Å². The highest BCUT2D eigenvalue weighted by Gasteiger charge is 2.34. The van der Waals surface area contributed by atoms with E-state index in [1.54, 1.807) is 0 Å². The van der Waals surface area contributed by atoms with Crippen molar-refractivity contribution < 1.29 is 0 Å². The van der Waals surface area contributed by atoms with Crippen molar-refractivity contribution in [1.29, 1.82) is 0 Å². The third kappa shape index (κ3) is 5.59. The van der Waals surface area contributed by atoms with E-state index >= 15 is 0 Å². The van der Waals surface area contributed by atoms with Crippen molar-refractivity contribution in [2.45, 2.75) is 0 Å². The van der Waals surface area contributed by atoms with E-state index in [-0.39, 0.29) is 0 Å². The van der Waals surface area contributed by atoms with Gasteiger partial charge in [-0.15, -0.1) is 0 Å². The van der Waals surface area contributed by atoms with Crippen LogP contribution in [-0.2, 0) is 0 Å². The van der Waals surface area contributed by atoms with Gasteiger partial charge in [0.15, 0.2) is 0 Å². The average molecular weight is 883 g/mol. The summed E-state index contributed by atoms with van der Waals surface area (Å²) in [6.45, 7) is 0. The van der Waals surface area contributed by atoms with Gasteiger partial charge in [-0.1, -0.05) is 237 Å². The van der Waals surface area contributed by atoms with E-state index in [4.69, 9.17) is 0 Å². The molecule has 13 aromatic rings. The van der Waals surface area contributed by atoms with Gasteiger partial charge in [0.25, 0.3) is 0 Å². The molecular weight excluding hydrogens is 841 g/mol. The summed E-state index contributed by atoms with van der Waals surface area (Å²) >= 11 is 0. The fourth-order valence-electron chi connectivity index (χ4n) is 12.5. The predicted octanol–water partition coefficient (Wildman–Crippen LogP) is 19.6. The molecule has 0 unspecified atom stereocenters. The van der Waals surface area contributed by atoms with Crippen LogP contribution >= 0.6 is 0 Å². The molecule has 0 spiro atoms. The van der Waals surface area contributed by atoms with Crippen molar-refractivity contribution in [3.05, 3.63) is 255 Å².